The Morgan fingerprint density at radius 2 is 2.56 bits per heavy atom. The third kappa shape index (κ3) is 1.55. The lowest BCUT2D eigenvalue weighted by molar-refractivity contribution is 0.636. The highest BCUT2D eigenvalue weighted by Gasteiger charge is 2.14. The summed E-state index contributed by atoms with van der Waals surface area (Å²) < 4.78 is 0. The van der Waals surface area contributed by atoms with Crippen LogP contribution in [0.4, 0.5) is 0 Å². The van der Waals surface area contributed by atoms with E-state index in [1.165, 1.54) is 24.8 Å². The highest BCUT2D eigenvalue weighted by Crippen LogP contribution is 2.21. The molecule has 0 saturated heterocycles. The fourth-order valence-electron chi connectivity index (χ4n) is 1.09. The van der Waals surface area contributed by atoms with Gasteiger partial charge in [-0.3, -0.25) is 0 Å². The van der Waals surface area contributed by atoms with E-state index < -0.39 is 0 Å². The van der Waals surface area contributed by atoms with Crippen LogP contribution in [0.25, 0.3) is 0 Å². The molecule has 0 aliphatic heterocycles. The van der Waals surface area contributed by atoms with Gasteiger partial charge in [0, 0.05) is 6.04 Å². The lowest BCUT2D eigenvalue weighted by Crippen LogP contribution is -2.28. The number of hydrogen-bond acceptors (Lipinski definition) is 1. The minimum absolute atomic E-state index is 0.413. The molecule has 52 valence electrons. The largest absolute Gasteiger partial charge is 0.324 e. The summed E-state index contributed by atoms with van der Waals surface area (Å²) in [6, 6.07) is 0.413. The number of unbranched alkanes of at least 4 members (excludes halogenated alkanes) is 1. The number of hydrogen-bond donors (Lipinski definition) is 1. The summed E-state index contributed by atoms with van der Waals surface area (Å²) in [5, 5.41) is 0. The van der Waals surface area contributed by atoms with Crippen molar-refractivity contribution in [1.82, 2.24) is 0 Å². The molecule has 1 heteroatoms. The molecule has 1 aliphatic carbocycles. The van der Waals surface area contributed by atoms with Gasteiger partial charge in [-0.05, 0) is 19.3 Å². The maximum Gasteiger partial charge on any atom is 0.0288 e. The highest BCUT2D eigenvalue weighted by atomic mass is 14.7. The smallest absolute Gasteiger partial charge is 0.0288 e. The minimum Gasteiger partial charge on any atom is -0.324 e. The van der Waals surface area contributed by atoms with E-state index in [4.69, 9.17) is 5.73 Å². The van der Waals surface area contributed by atoms with E-state index in [0.29, 0.717) is 6.04 Å². The van der Waals surface area contributed by atoms with Gasteiger partial charge < -0.3 is 5.73 Å². The molecule has 0 saturated carbocycles. The summed E-state index contributed by atoms with van der Waals surface area (Å²) >= 11 is 0. The monoisotopic (exact) mass is 125 g/mol. The van der Waals surface area contributed by atoms with Gasteiger partial charge in [0.2, 0.25) is 0 Å². The lowest BCUT2D eigenvalue weighted by atomic mass is 9.89. The van der Waals surface area contributed by atoms with Gasteiger partial charge in [-0.25, -0.2) is 0 Å². The fraction of sp³-hybridized carbons (Fsp3) is 0.750. The maximum absolute atomic E-state index is 5.70. The molecule has 0 amide bonds. The SMILES string of the molecule is CCCCC1=CCC1N. The molecule has 0 radical (unpaired) electrons. The van der Waals surface area contributed by atoms with Gasteiger partial charge in [0.15, 0.2) is 0 Å². The maximum atomic E-state index is 5.70. The van der Waals surface area contributed by atoms with Gasteiger partial charge in [0.1, 0.15) is 0 Å². The second-order valence-corrected chi connectivity index (χ2v) is 2.72. The zero-order valence-corrected chi connectivity index (χ0v) is 6.06. The standard InChI is InChI=1S/C8H15N/c1-2-3-4-7-5-6-8(7)9/h5,8H,2-4,6,9H2,1H3. The van der Waals surface area contributed by atoms with Crippen molar-refractivity contribution >= 4 is 0 Å². The van der Waals surface area contributed by atoms with E-state index in [1.54, 1.807) is 0 Å². The molecule has 0 heterocycles. The zero-order chi connectivity index (χ0) is 6.69. The normalized spacial score (nSPS) is 25.1. The van der Waals surface area contributed by atoms with E-state index in [0.717, 1.165) is 6.42 Å². The Kier molecular flexibility index (Phi) is 2.29. The molecule has 1 atom stereocenters. The lowest BCUT2D eigenvalue weighted by Gasteiger charge is -2.22. The quantitative estimate of drug-likeness (QED) is 0.572. The van der Waals surface area contributed by atoms with Crippen molar-refractivity contribution in [2.75, 3.05) is 0 Å². The van der Waals surface area contributed by atoms with Crippen LogP contribution in [0.1, 0.15) is 32.6 Å². The van der Waals surface area contributed by atoms with Gasteiger partial charge in [-0.2, -0.15) is 0 Å². The van der Waals surface area contributed by atoms with Crippen molar-refractivity contribution in [2.45, 2.75) is 38.6 Å². The van der Waals surface area contributed by atoms with Crippen molar-refractivity contribution in [1.29, 1.82) is 0 Å². The Morgan fingerprint density at radius 3 is 2.89 bits per heavy atom. The molecule has 1 nitrogen and oxygen atoms in total. The molecule has 0 fully saturated rings. The summed E-state index contributed by atoms with van der Waals surface area (Å²) in [7, 11) is 0. The fourth-order valence-corrected chi connectivity index (χ4v) is 1.09. The molecular formula is C8H15N. The Hall–Kier alpha value is -0.300. The average Bonchev–Trinajstić information content (AvgIpc) is 1.86. The summed E-state index contributed by atoms with van der Waals surface area (Å²) in [5.74, 6) is 0. The molecule has 1 aliphatic rings. The third-order valence-electron chi connectivity index (χ3n) is 1.93. The van der Waals surface area contributed by atoms with E-state index >= 15 is 0 Å². The second-order valence-electron chi connectivity index (χ2n) is 2.72. The van der Waals surface area contributed by atoms with Crippen LogP contribution in [0, 0.1) is 0 Å². The first-order valence-corrected chi connectivity index (χ1v) is 3.79. The molecule has 9 heavy (non-hydrogen) atoms. The van der Waals surface area contributed by atoms with Gasteiger partial charge in [0.25, 0.3) is 0 Å². The first kappa shape index (κ1) is 6.81. The molecule has 1 unspecified atom stereocenters. The second kappa shape index (κ2) is 3.02. The molecule has 0 aromatic heterocycles. The first-order chi connectivity index (χ1) is 4.34. The highest BCUT2D eigenvalue weighted by molar-refractivity contribution is 5.21. The van der Waals surface area contributed by atoms with Crippen molar-refractivity contribution in [2.24, 2.45) is 5.73 Å². The van der Waals surface area contributed by atoms with Crippen LogP contribution >= 0.6 is 0 Å². The van der Waals surface area contributed by atoms with Crippen LogP contribution in [0.2, 0.25) is 0 Å². The van der Waals surface area contributed by atoms with Crippen LogP contribution in [0.3, 0.4) is 0 Å². The van der Waals surface area contributed by atoms with Gasteiger partial charge in [0.05, 0.1) is 0 Å². The minimum atomic E-state index is 0.413. The van der Waals surface area contributed by atoms with Crippen LogP contribution in [0.5, 0.6) is 0 Å². The van der Waals surface area contributed by atoms with Crippen molar-refractivity contribution in [3.05, 3.63) is 11.6 Å². The molecule has 0 spiro atoms. The molecule has 1 rings (SSSR count). The predicted molar refractivity (Wildman–Crippen MR) is 40.2 cm³/mol. The third-order valence-corrected chi connectivity index (χ3v) is 1.93. The Bertz CT molecular complexity index is 116. The van der Waals surface area contributed by atoms with Gasteiger partial charge in [-0.1, -0.05) is 25.0 Å². The predicted octanol–water partition coefficient (Wildman–Crippen LogP) is 1.83. The summed E-state index contributed by atoms with van der Waals surface area (Å²) in [6.07, 6.45) is 7.20. The van der Waals surface area contributed by atoms with Crippen LogP contribution in [-0.4, -0.2) is 6.04 Å². The average molecular weight is 125 g/mol. The van der Waals surface area contributed by atoms with Crippen LogP contribution in [0.15, 0.2) is 11.6 Å². The molecule has 0 aromatic carbocycles. The summed E-state index contributed by atoms with van der Waals surface area (Å²) in [5.41, 5.74) is 7.18. The summed E-state index contributed by atoms with van der Waals surface area (Å²) in [4.78, 5) is 0. The van der Waals surface area contributed by atoms with Crippen molar-refractivity contribution in [3.8, 4) is 0 Å². The van der Waals surface area contributed by atoms with Crippen molar-refractivity contribution in [3.63, 3.8) is 0 Å². The van der Waals surface area contributed by atoms with E-state index in [9.17, 15) is 0 Å². The van der Waals surface area contributed by atoms with Crippen LogP contribution < -0.4 is 5.73 Å². The number of nitrogens with two attached hydrogens (primary N) is 1. The number of rotatable bonds is 3. The van der Waals surface area contributed by atoms with Crippen molar-refractivity contribution < 1.29 is 0 Å². The Labute approximate surface area is 56.9 Å². The topological polar surface area (TPSA) is 26.0 Å². The molecule has 0 aromatic rings. The summed E-state index contributed by atoms with van der Waals surface area (Å²) in [6.45, 7) is 2.21. The van der Waals surface area contributed by atoms with Gasteiger partial charge in [-0.15, -0.1) is 0 Å². The van der Waals surface area contributed by atoms with E-state index in [-0.39, 0.29) is 0 Å². The van der Waals surface area contributed by atoms with Crippen LogP contribution in [-0.2, 0) is 0 Å². The Balaban J connectivity index is 2.14. The van der Waals surface area contributed by atoms with E-state index in [1.807, 2.05) is 0 Å². The zero-order valence-electron chi connectivity index (χ0n) is 6.06. The molecule has 2 N–H and O–H groups in total. The molecule has 0 bridgehead atoms. The van der Waals surface area contributed by atoms with Gasteiger partial charge >= 0.3 is 0 Å². The Morgan fingerprint density at radius 1 is 1.78 bits per heavy atom. The van der Waals surface area contributed by atoms with E-state index in [2.05, 4.69) is 13.0 Å². The first-order valence-electron chi connectivity index (χ1n) is 3.79. The molecular weight excluding hydrogens is 110 g/mol.